The van der Waals surface area contributed by atoms with Crippen LogP contribution in [0.5, 0.6) is 5.75 Å². The van der Waals surface area contributed by atoms with Gasteiger partial charge in [0.25, 0.3) is 5.91 Å². The summed E-state index contributed by atoms with van der Waals surface area (Å²) in [7, 11) is 0. The SMILES string of the molecule is C[C@@H]1[C@H](C)CCC[C@H]1NC(=O)CN1C(=O)COc2ccc(Cl)cc21. The van der Waals surface area contributed by atoms with Crippen LogP contribution >= 0.6 is 11.6 Å². The molecular formula is C18H23ClN2O3. The second-order valence-corrected chi connectivity index (χ2v) is 7.26. The zero-order valence-electron chi connectivity index (χ0n) is 14.0. The first-order chi connectivity index (χ1) is 11.5. The summed E-state index contributed by atoms with van der Waals surface area (Å²) in [4.78, 5) is 26.1. The van der Waals surface area contributed by atoms with Crippen molar-refractivity contribution in [2.24, 2.45) is 11.8 Å². The second-order valence-electron chi connectivity index (χ2n) is 6.82. The quantitative estimate of drug-likeness (QED) is 0.911. The van der Waals surface area contributed by atoms with E-state index in [1.165, 1.54) is 11.3 Å². The molecule has 1 aliphatic carbocycles. The summed E-state index contributed by atoms with van der Waals surface area (Å²) in [6.07, 6.45) is 3.34. The maximum atomic E-state index is 12.5. The van der Waals surface area contributed by atoms with Gasteiger partial charge >= 0.3 is 0 Å². The number of hydrogen-bond donors (Lipinski definition) is 1. The van der Waals surface area contributed by atoms with E-state index in [-0.39, 0.29) is 31.0 Å². The minimum absolute atomic E-state index is 0.00681. The lowest BCUT2D eigenvalue weighted by Crippen LogP contribution is -2.50. The van der Waals surface area contributed by atoms with Crippen LogP contribution in [-0.4, -0.2) is 31.0 Å². The van der Waals surface area contributed by atoms with Gasteiger partial charge in [0.05, 0.1) is 5.69 Å². The molecule has 24 heavy (non-hydrogen) atoms. The van der Waals surface area contributed by atoms with Crippen molar-refractivity contribution in [3.8, 4) is 5.75 Å². The monoisotopic (exact) mass is 350 g/mol. The highest BCUT2D eigenvalue weighted by Crippen LogP contribution is 2.34. The van der Waals surface area contributed by atoms with Crippen LogP contribution in [0.1, 0.15) is 33.1 Å². The van der Waals surface area contributed by atoms with Crippen LogP contribution in [0.15, 0.2) is 18.2 Å². The molecule has 1 aromatic rings. The summed E-state index contributed by atoms with van der Waals surface area (Å²) >= 11 is 6.02. The summed E-state index contributed by atoms with van der Waals surface area (Å²) < 4.78 is 5.40. The number of halogens is 1. The third kappa shape index (κ3) is 3.51. The van der Waals surface area contributed by atoms with Crippen molar-refractivity contribution in [1.82, 2.24) is 5.32 Å². The third-order valence-electron chi connectivity index (χ3n) is 5.22. The molecule has 0 radical (unpaired) electrons. The van der Waals surface area contributed by atoms with Crippen molar-refractivity contribution in [2.45, 2.75) is 39.2 Å². The highest BCUT2D eigenvalue weighted by atomic mass is 35.5. The summed E-state index contributed by atoms with van der Waals surface area (Å²) in [5, 5.41) is 3.61. The predicted octanol–water partition coefficient (Wildman–Crippen LogP) is 3.01. The molecule has 3 rings (SSSR count). The van der Waals surface area contributed by atoms with E-state index in [4.69, 9.17) is 16.3 Å². The maximum Gasteiger partial charge on any atom is 0.265 e. The molecule has 2 aliphatic rings. The average Bonchev–Trinajstić information content (AvgIpc) is 2.55. The number of fused-ring (bicyclic) bond motifs is 1. The Morgan fingerprint density at radius 2 is 2.17 bits per heavy atom. The maximum absolute atomic E-state index is 12.5. The van der Waals surface area contributed by atoms with E-state index >= 15 is 0 Å². The van der Waals surface area contributed by atoms with Crippen LogP contribution in [0.25, 0.3) is 0 Å². The molecule has 6 heteroatoms. The minimum Gasteiger partial charge on any atom is -0.482 e. The first-order valence-corrected chi connectivity index (χ1v) is 8.85. The zero-order valence-corrected chi connectivity index (χ0v) is 14.8. The molecule has 1 fully saturated rings. The molecule has 0 unspecified atom stereocenters. The second kappa shape index (κ2) is 7.01. The fraction of sp³-hybridized carbons (Fsp3) is 0.556. The van der Waals surface area contributed by atoms with Crippen LogP contribution in [0.3, 0.4) is 0 Å². The topological polar surface area (TPSA) is 58.6 Å². The van der Waals surface area contributed by atoms with Gasteiger partial charge in [-0.1, -0.05) is 38.3 Å². The van der Waals surface area contributed by atoms with Gasteiger partial charge in [-0.3, -0.25) is 14.5 Å². The first-order valence-electron chi connectivity index (χ1n) is 8.48. The van der Waals surface area contributed by atoms with Gasteiger partial charge in [0, 0.05) is 11.1 Å². The molecule has 1 aliphatic heterocycles. The highest BCUT2D eigenvalue weighted by Gasteiger charge is 2.31. The fourth-order valence-corrected chi connectivity index (χ4v) is 3.70. The molecule has 1 heterocycles. The number of ether oxygens (including phenoxy) is 1. The Balaban J connectivity index is 1.70. The van der Waals surface area contributed by atoms with Crippen LogP contribution in [0, 0.1) is 11.8 Å². The van der Waals surface area contributed by atoms with Gasteiger partial charge < -0.3 is 10.1 Å². The van der Waals surface area contributed by atoms with Crippen molar-refractivity contribution < 1.29 is 14.3 Å². The van der Waals surface area contributed by atoms with E-state index in [9.17, 15) is 9.59 Å². The Hall–Kier alpha value is -1.75. The van der Waals surface area contributed by atoms with E-state index in [2.05, 4.69) is 19.2 Å². The van der Waals surface area contributed by atoms with Gasteiger partial charge in [-0.15, -0.1) is 0 Å². The lowest BCUT2D eigenvalue weighted by atomic mass is 9.78. The first kappa shape index (κ1) is 17.1. The third-order valence-corrected chi connectivity index (χ3v) is 5.45. The van der Waals surface area contributed by atoms with Crippen LogP contribution in [0.4, 0.5) is 5.69 Å². The van der Waals surface area contributed by atoms with Crippen LogP contribution in [-0.2, 0) is 9.59 Å². The molecule has 130 valence electrons. The number of rotatable bonds is 3. The van der Waals surface area contributed by atoms with Gasteiger partial charge in [-0.25, -0.2) is 0 Å². The van der Waals surface area contributed by atoms with Gasteiger partial charge in [0.2, 0.25) is 5.91 Å². The molecule has 1 saturated carbocycles. The number of carbonyl (C=O) groups is 2. The van der Waals surface area contributed by atoms with E-state index in [0.717, 1.165) is 12.8 Å². The minimum atomic E-state index is -0.232. The Morgan fingerprint density at radius 3 is 2.96 bits per heavy atom. The summed E-state index contributed by atoms with van der Waals surface area (Å²) in [6, 6.07) is 5.27. The molecule has 3 atom stereocenters. The predicted molar refractivity (Wildman–Crippen MR) is 93.4 cm³/mol. The Labute approximate surface area is 147 Å². The standard InChI is InChI=1S/C18H23ClN2O3/c1-11-4-3-5-14(12(11)2)20-17(22)9-21-15-8-13(19)6-7-16(15)24-10-18(21)23/h6-8,11-12,14H,3-5,9-10H2,1-2H3,(H,20,22)/t11-,12-,14-/m1/s1. The van der Waals surface area contributed by atoms with Crippen molar-refractivity contribution >= 4 is 29.1 Å². The normalized spacial score (nSPS) is 26.5. The van der Waals surface area contributed by atoms with Gasteiger partial charge in [-0.2, -0.15) is 0 Å². The Morgan fingerprint density at radius 1 is 1.38 bits per heavy atom. The van der Waals surface area contributed by atoms with Gasteiger partial charge in [-0.05, 0) is 36.5 Å². The van der Waals surface area contributed by atoms with Gasteiger partial charge in [0.15, 0.2) is 6.61 Å². The van der Waals surface area contributed by atoms with Crippen molar-refractivity contribution in [2.75, 3.05) is 18.1 Å². The Bertz CT molecular complexity index is 649. The van der Waals surface area contributed by atoms with E-state index in [1.54, 1.807) is 18.2 Å². The molecule has 0 spiro atoms. The van der Waals surface area contributed by atoms with Gasteiger partial charge in [0.1, 0.15) is 12.3 Å². The summed E-state index contributed by atoms with van der Waals surface area (Å²) in [5.41, 5.74) is 0.555. The number of amides is 2. The molecule has 0 aromatic heterocycles. The van der Waals surface area contributed by atoms with Crippen molar-refractivity contribution in [1.29, 1.82) is 0 Å². The van der Waals surface area contributed by atoms with E-state index in [1.807, 2.05) is 0 Å². The molecule has 1 aromatic carbocycles. The van der Waals surface area contributed by atoms with Crippen molar-refractivity contribution in [3.05, 3.63) is 23.2 Å². The molecule has 0 saturated heterocycles. The number of carbonyl (C=O) groups excluding carboxylic acids is 2. The van der Waals surface area contributed by atoms with E-state index < -0.39 is 0 Å². The molecule has 5 nitrogen and oxygen atoms in total. The molecule has 1 N–H and O–H groups in total. The Kier molecular flexibility index (Phi) is 4.99. The smallest absolute Gasteiger partial charge is 0.265 e. The lowest BCUT2D eigenvalue weighted by molar-refractivity contribution is -0.126. The van der Waals surface area contributed by atoms with Crippen LogP contribution in [0.2, 0.25) is 5.02 Å². The van der Waals surface area contributed by atoms with E-state index in [0.29, 0.717) is 28.3 Å². The largest absolute Gasteiger partial charge is 0.482 e. The molecule has 0 bridgehead atoms. The van der Waals surface area contributed by atoms with Crippen molar-refractivity contribution in [3.63, 3.8) is 0 Å². The van der Waals surface area contributed by atoms with Crippen LogP contribution < -0.4 is 15.0 Å². The lowest BCUT2D eigenvalue weighted by Gasteiger charge is -2.35. The fourth-order valence-electron chi connectivity index (χ4n) is 3.53. The molecular weight excluding hydrogens is 328 g/mol. The summed E-state index contributed by atoms with van der Waals surface area (Å²) in [5.74, 6) is 1.26. The number of nitrogens with one attached hydrogen (secondary N) is 1. The number of nitrogens with zero attached hydrogens (tertiary/aromatic N) is 1. The number of anilines is 1. The number of hydrogen-bond acceptors (Lipinski definition) is 3. The highest BCUT2D eigenvalue weighted by molar-refractivity contribution is 6.31. The zero-order chi connectivity index (χ0) is 17.3. The number of benzene rings is 1. The average molecular weight is 351 g/mol. The summed E-state index contributed by atoms with van der Waals surface area (Å²) in [6.45, 7) is 4.35. The molecule has 2 amide bonds.